The number of fused-ring (bicyclic) bond motifs is 1. The molecule has 3 aromatic carbocycles. The van der Waals surface area contributed by atoms with E-state index in [1.54, 1.807) is 0 Å². The van der Waals surface area contributed by atoms with Crippen LogP contribution in [0.1, 0.15) is 85.7 Å². The molecule has 2 N–H and O–H groups in total. The number of carbonyl (C=O) groups is 1. The van der Waals surface area contributed by atoms with Crippen LogP contribution < -0.4 is 10.0 Å². The van der Waals surface area contributed by atoms with Crippen molar-refractivity contribution in [2.24, 2.45) is 0 Å². The van der Waals surface area contributed by atoms with Crippen molar-refractivity contribution in [2.45, 2.75) is 87.2 Å². The first-order valence-electron chi connectivity index (χ1n) is 15.4. The first-order chi connectivity index (χ1) is 21.1. The molecule has 0 aliphatic heterocycles. The van der Waals surface area contributed by atoms with Crippen LogP contribution in [0.2, 0.25) is 10.0 Å². The van der Waals surface area contributed by atoms with Crippen molar-refractivity contribution in [3.05, 3.63) is 98.8 Å². The smallest absolute Gasteiger partial charge is 0.241 e. The lowest BCUT2D eigenvalue weighted by Crippen LogP contribution is -2.36. The Hall–Kier alpha value is -2.49. The van der Waals surface area contributed by atoms with Crippen LogP contribution in [-0.4, -0.2) is 38.9 Å². The highest BCUT2D eigenvalue weighted by atomic mass is 35.5. The van der Waals surface area contributed by atoms with Gasteiger partial charge in [0, 0.05) is 12.5 Å². The van der Waals surface area contributed by atoms with Crippen molar-refractivity contribution in [1.29, 1.82) is 0 Å². The Morgan fingerprint density at radius 1 is 0.977 bits per heavy atom. The van der Waals surface area contributed by atoms with Gasteiger partial charge in [-0.2, -0.15) is 0 Å². The summed E-state index contributed by atoms with van der Waals surface area (Å²) in [6, 6.07) is 15.7. The van der Waals surface area contributed by atoms with E-state index in [1.165, 1.54) is 79.3 Å². The van der Waals surface area contributed by atoms with Crippen molar-refractivity contribution < 1.29 is 17.6 Å². The summed E-state index contributed by atoms with van der Waals surface area (Å²) in [6.07, 6.45) is 10.0. The normalized spacial score (nSPS) is 17.9. The van der Waals surface area contributed by atoms with Crippen LogP contribution in [0.5, 0.6) is 0 Å². The lowest BCUT2D eigenvalue weighted by molar-refractivity contribution is -0.122. The van der Waals surface area contributed by atoms with E-state index in [0.717, 1.165) is 50.3 Å². The van der Waals surface area contributed by atoms with Gasteiger partial charge in [-0.05, 0) is 111 Å². The summed E-state index contributed by atoms with van der Waals surface area (Å²) >= 11 is 12.0. The molecule has 44 heavy (non-hydrogen) atoms. The van der Waals surface area contributed by atoms with Gasteiger partial charge in [-0.25, -0.2) is 17.5 Å². The number of rotatable bonds is 12. The van der Waals surface area contributed by atoms with Crippen LogP contribution in [0.4, 0.5) is 4.39 Å². The molecule has 2 aliphatic carbocycles. The Balaban J connectivity index is 1.25. The largest absolute Gasteiger partial charge is 0.349 e. The minimum absolute atomic E-state index is 0.0818. The number of sulfonamides is 1. The molecule has 10 heteroatoms. The first-order valence-corrected chi connectivity index (χ1v) is 17.7. The summed E-state index contributed by atoms with van der Waals surface area (Å²) in [5, 5.41) is 3.47. The molecule has 0 heterocycles. The van der Waals surface area contributed by atoms with E-state index < -0.39 is 21.9 Å². The molecule has 1 saturated carbocycles. The maximum atomic E-state index is 13.7. The van der Waals surface area contributed by atoms with Crippen LogP contribution >= 0.6 is 23.2 Å². The second kappa shape index (κ2) is 14.7. The van der Waals surface area contributed by atoms with Gasteiger partial charge in [0.15, 0.2) is 0 Å². The highest BCUT2D eigenvalue weighted by Crippen LogP contribution is 2.32. The SMILES string of the molecule is CN(CCCc1ccc2c(c1)CCCC2NC(=O)CC(NS(=O)(=O)c1ccc(Cl)c(Cl)c1)c1ccc(F)cc1)C1CCCC1. The highest BCUT2D eigenvalue weighted by Gasteiger charge is 2.27. The number of amides is 1. The van der Waals surface area contributed by atoms with Crippen molar-refractivity contribution >= 4 is 39.1 Å². The Labute approximate surface area is 270 Å². The van der Waals surface area contributed by atoms with Gasteiger partial charge < -0.3 is 10.2 Å². The van der Waals surface area contributed by atoms with Gasteiger partial charge in [-0.3, -0.25) is 4.79 Å². The number of carbonyl (C=O) groups excluding carboxylic acids is 1. The molecule has 5 rings (SSSR count). The van der Waals surface area contributed by atoms with E-state index in [1.807, 2.05) is 0 Å². The van der Waals surface area contributed by atoms with Crippen LogP contribution in [-0.2, 0) is 27.7 Å². The topological polar surface area (TPSA) is 78.5 Å². The van der Waals surface area contributed by atoms with Gasteiger partial charge in [-0.1, -0.05) is 66.4 Å². The summed E-state index contributed by atoms with van der Waals surface area (Å²) in [5.74, 6) is -0.753. The van der Waals surface area contributed by atoms with Crippen molar-refractivity contribution in [2.75, 3.05) is 13.6 Å². The van der Waals surface area contributed by atoms with E-state index in [-0.39, 0.29) is 33.3 Å². The molecule has 0 spiro atoms. The molecule has 2 unspecified atom stereocenters. The van der Waals surface area contributed by atoms with E-state index in [0.29, 0.717) is 5.56 Å². The average Bonchev–Trinajstić information content (AvgIpc) is 3.54. The van der Waals surface area contributed by atoms with Gasteiger partial charge in [0.2, 0.25) is 15.9 Å². The highest BCUT2D eigenvalue weighted by molar-refractivity contribution is 7.89. The zero-order chi connectivity index (χ0) is 31.3. The maximum absolute atomic E-state index is 13.7. The Bertz CT molecular complexity index is 1560. The van der Waals surface area contributed by atoms with Crippen molar-refractivity contribution in [3.8, 4) is 0 Å². The third kappa shape index (κ3) is 8.40. The first kappa shape index (κ1) is 32.9. The lowest BCUT2D eigenvalue weighted by Gasteiger charge is -2.28. The molecule has 0 radical (unpaired) electrons. The zero-order valence-electron chi connectivity index (χ0n) is 25.0. The standard InChI is InChI=1S/C34H40Cl2FN3O3S/c1-40(27-8-2-3-9-27)19-5-6-23-11-17-29-25(20-23)7-4-10-32(29)38-34(41)22-33(24-12-14-26(37)15-13-24)39-44(42,43)28-16-18-30(35)31(36)21-28/h11-18,20-21,27,32-33,39H,2-10,19,22H2,1H3,(H,38,41). The van der Waals surface area contributed by atoms with Crippen LogP contribution in [0.25, 0.3) is 0 Å². The third-order valence-electron chi connectivity index (χ3n) is 8.94. The van der Waals surface area contributed by atoms with E-state index in [9.17, 15) is 17.6 Å². The molecule has 0 aromatic heterocycles. The number of benzene rings is 3. The van der Waals surface area contributed by atoms with E-state index in [2.05, 4.69) is 40.2 Å². The molecule has 2 aliphatic rings. The molecule has 2 atom stereocenters. The monoisotopic (exact) mass is 659 g/mol. The fourth-order valence-electron chi connectivity index (χ4n) is 6.49. The number of hydrogen-bond acceptors (Lipinski definition) is 4. The van der Waals surface area contributed by atoms with Gasteiger partial charge in [0.25, 0.3) is 0 Å². The molecular formula is C34H40Cl2FN3O3S. The van der Waals surface area contributed by atoms with Crippen molar-refractivity contribution in [1.82, 2.24) is 14.9 Å². The summed E-state index contributed by atoms with van der Waals surface area (Å²) in [6.45, 7) is 1.10. The van der Waals surface area contributed by atoms with Gasteiger partial charge in [0.05, 0.1) is 27.0 Å². The third-order valence-corrected chi connectivity index (χ3v) is 11.2. The Kier molecular flexibility index (Phi) is 11.0. The lowest BCUT2D eigenvalue weighted by atomic mass is 9.86. The van der Waals surface area contributed by atoms with Crippen LogP contribution in [0.15, 0.2) is 65.6 Å². The Morgan fingerprint density at radius 2 is 1.73 bits per heavy atom. The molecular weight excluding hydrogens is 620 g/mol. The van der Waals surface area contributed by atoms with Crippen LogP contribution in [0.3, 0.4) is 0 Å². The molecule has 0 bridgehead atoms. The van der Waals surface area contributed by atoms with E-state index >= 15 is 0 Å². The average molecular weight is 661 g/mol. The maximum Gasteiger partial charge on any atom is 0.241 e. The summed E-state index contributed by atoms with van der Waals surface area (Å²) in [4.78, 5) is 15.8. The molecule has 0 saturated heterocycles. The number of nitrogens with zero attached hydrogens (tertiary/aromatic N) is 1. The van der Waals surface area contributed by atoms with Crippen molar-refractivity contribution in [3.63, 3.8) is 0 Å². The zero-order valence-corrected chi connectivity index (χ0v) is 27.3. The number of nitrogens with one attached hydrogen (secondary N) is 2. The fourth-order valence-corrected chi connectivity index (χ4v) is 8.11. The molecule has 236 valence electrons. The molecule has 1 amide bonds. The fraction of sp³-hybridized carbons (Fsp3) is 0.441. The van der Waals surface area contributed by atoms with Gasteiger partial charge in [0.1, 0.15) is 5.82 Å². The molecule has 3 aromatic rings. The minimum atomic E-state index is -4.08. The molecule has 1 fully saturated rings. The predicted molar refractivity (Wildman–Crippen MR) is 174 cm³/mol. The Morgan fingerprint density at radius 3 is 2.45 bits per heavy atom. The second-order valence-corrected chi connectivity index (χ2v) is 14.6. The number of aryl methyl sites for hydroxylation is 2. The van der Waals surface area contributed by atoms with Crippen LogP contribution in [0, 0.1) is 5.82 Å². The second-order valence-electron chi connectivity index (χ2n) is 12.1. The summed E-state index contributed by atoms with van der Waals surface area (Å²) in [7, 11) is -1.83. The minimum Gasteiger partial charge on any atom is -0.349 e. The van der Waals surface area contributed by atoms with Gasteiger partial charge in [-0.15, -0.1) is 0 Å². The van der Waals surface area contributed by atoms with Gasteiger partial charge >= 0.3 is 0 Å². The summed E-state index contributed by atoms with van der Waals surface area (Å²) in [5.41, 5.74) is 4.17. The predicted octanol–water partition coefficient (Wildman–Crippen LogP) is 7.54. The number of hydrogen-bond donors (Lipinski definition) is 2. The molecule has 6 nitrogen and oxygen atoms in total. The van der Waals surface area contributed by atoms with E-state index in [4.69, 9.17) is 23.2 Å². The quantitative estimate of drug-likeness (QED) is 0.211. The summed E-state index contributed by atoms with van der Waals surface area (Å²) < 4.78 is 42.9. The number of halogens is 3.